The predicted molar refractivity (Wildman–Crippen MR) is 61.5 cm³/mol. The first-order valence-corrected chi connectivity index (χ1v) is 6.07. The molecule has 17 heavy (non-hydrogen) atoms. The molecule has 0 spiro atoms. The number of rotatable bonds is 3. The molecule has 0 bridgehead atoms. The molecule has 2 fully saturated rings. The molecule has 6 heteroatoms. The molecule has 2 aliphatic rings. The molecule has 2 unspecified atom stereocenters. The molecule has 0 radical (unpaired) electrons. The van der Waals surface area contributed by atoms with Gasteiger partial charge in [-0.2, -0.15) is 0 Å². The Balaban J connectivity index is 1.97. The van der Waals surface area contributed by atoms with Gasteiger partial charge in [0, 0.05) is 0 Å². The van der Waals surface area contributed by atoms with E-state index in [1.165, 1.54) is 0 Å². The fourth-order valence-electron chi connectivity index (χ4n) is 2.41. The third kappa shape index (κ3) is 2.22. The number of aliphatic hydroxyl groups is 1. The lowest BCUT2D eigenvalue weighted by Gasteiger charge is -2.29. The zero-order valence-electron chi connectivity index (χ0n) is 9.72. The van der Waals surface area contributed by atoms with E-state index in [9.17, 15) is 9.90 Å². The van der Waals surface area contributed by atoms with Crippen LogP contribution in [0.1, 0.15) is 38.5 Å². The Morgan fingerprint density at radius 2 is 2.00 bits per heavy atom. The van der Waals surface area contributed by atoms with E-state index < -0.39 is 11.5 Å². The van der Waals surface area contributed by atoms with E-state index in [4.69, 9.17) is 10.9 Å². The van der Waals surface area contributed by atoms with Gasteiger partial charge in [-0.3, -0.25) is 4.79 Å². The number of nitrogens with two attached hydrogens (primary N) is 1. The molecule has 2 aliphatic carbocycles. The molecule has 96 valence electrons. The van der Waals surface area contributed by atoms with E-state index in [-0.39, 0.29) is 17.8 Å². The molecule has 0 aromatic rings. The molecule has 2 atom stereocenters. The Bertz CT molecular complexity index is 339. The van der Waals surface area contributed by atoms with Gasteiger partial charge in [0.1, 0.15) is 5.41 Å². The van der Waals surface area contributed by atoms with Gasteiger partial charge in [-0.25, -0.2) is 0 Å². The highest BCUT2D eigenvalue weighted by atomic mass is 16.4. The van der Waals surface area contributed by atoms with Gasteiger partial charge < -0.3 is 21.4 Å². The molecular formula is C11H19N3O3. The van der Waals surface area contributed by atoms with Gasteiger partial charge >= 0.3 is 0 Å². The van der Waals surface area contributed by atoms with Crippen LogP contribution in [0.25, 0.3) is 0 Å². The Hall–Kier alpha value is -1.30. The van der Waals surface area contributed by atoms with Gasteiger partial charge in [-0.1, -0.05) is 18.0 Å². The highest BCUT2D eigenvalue weighted by Gasteiger charge is 2.54. The maximum Gasteiger partial charge on any atom is 0.234 e. The largest absolute Gasteiger partial charge is 0.409 e. The van der Waals surface area contributed by atoms with Crippen LogP contribution >= 0.6 is 0 Å². The minimum atomic E-state index is -0.827. The number of carbonyl (C=O) groups excluding carboxylic acids is 1. The Kier molecular flexibility index (Phi) is 3.24. The number of nitrogens with zero attached hydrogens (tertiary/aromatic N) is 1. The summed E-state index contributed by atoms with van der Waals surface area (Å²) in [7, 11) is 0. The summed E-state index contributed by atoms with van der Waals surface area (Å²) >= 11 is 0. The average molecular weight is 241 g/mol. The first-order valence-electron chi connectivity index (χ1n) is 6.07. The topological polar surface area (TPSA) is 108 Å². The average Bonchev–Trinajstić information content (AvgIpc) is 3.12. The summed E-state index contributed by atoms with van der Waals surface area (Å²) in [5.41, 5.74) is 4.70. The van der Waals surface area contributed by atoms with Crippen LogP contribution in [0.4, 0.5) is 0 Å². The van der Waals surface area contributed by atoms with Crippen LogP contribution < -0.4 is 11.1 Å². The number of oxime groups is 1. The highest BCUT2D eigenvalue weighted by Crippen LogP contribution is 2.46. The molecule has 2 rings (SSSR count). The fourth-order valence-corrected chi connectivity index (χ4v) is 2.41. The van der Waals surface area contributed by atoms with Crippen molar-refractivity contribution >= 4 is 11.7 Å². The van der Waals surface area contributed by atoms with Crippen molar-refractivity contribution in [2.45, 2.75) is 50.7 Å². The van der Waals surface area contributed by atoms with Crippen molar-refractivity contribution in [3.05, 3.63) is 0 Å². The number of hydrogen-bond acceptors (Lipinski definition) is 4. The number of hydrogen-bond donors (Lipinski definition) is 4. The summed E-state index contributed by atoms with van der Waals surface area (Å²) in [6.45, 7) is 0. The molecule has 1 amide bonds. The second kappa shape index (κ2) is 4.52. The smallest absolute Gasteiger partial charge is 0.234 e. The molecule has 0 saturated heterocycles. The summed E-state index contributed by atoms with van der Waals surface area (Å²) in [6.07, 6.45) is 4.27. The van der Waals surface area contributed by atoms with Gasteiger partial charge in [0.15, 0.2) is 5.84 Å². The molecule has 5 N–H and O–H groups in total. The first-order chi connectivity index (χ1) is 8.10. The highest BCUT2D eigenvalue weighted by molar-refractivity contribution is 6.09. The van der Waals surface area contributed by atoms with Gasteiger partial charge in [0.25, 0.3) is 0 Å². The summed E-state index contributed by atoms with van der Waals surface area (Å²) in [4.78, 5) is 12.0. The fraction of sp³-hybridized carbons (Fsp3) is 0.818. The van der Waals surface area contributed by atoms with Crippen molar-refractivity contribution in [1.82, 2.24) is 5.32 Å². The van der Waals surface area contributed by atoms with Crippen molar-refractivity contribution in [3.63, 3.8) is 0 Å². The summed E-state index contributed by atoms with van der Waals surface area (Å²) in [5.74, 6) is -0.251. The summed E-state index contributed by atoms with van der Waals surface area (Å²) in [6, 6.07) is -0.194. The lowest BCUT2D eigenvalue weighted by molar-refractivity contribution is -0.126. The number of carbonyl (C=O) groups is 1. The van der Waals surface area contributed by atoms with Crippen molar-refractivity contribution < 1.29 is 15.1 Å². The molecule has 6 nitrogen and oxygen atoms in total. The van der Waals surface area contributed by atoms with Gasteiger partial charge in [0.2, 0.25) is 5.91 Å². The number of nitrogens with one attached hydrogen (secondary N) is 1. The third-order valence-electron chi connectivity index (χ3n) is 3.83. The molecular weight excluding hydrogens is 222 g/mol. The molecule has 0 aliphatic heterocycles. The Labute approximate surface area is 99.9 Å². The van der Waals surface area contributed by atoms with Gasteiger partial charge in [-0.05, 0) is 25.7 Å². The quantitative estimate of drug-likeness (QED) is 0.240. The van der Waals surface area contributed by atoms with Gasteiger partial charge in [-0.15, -0.1) is 0 Å². The maximum atomic E-state index is 12.0. The lowest BCUT2D eigenvalue weighted by atomic mass is 9.91. The summed E-state index contributed by atoms with van der Waals surface area (Å²) in [5, 5.41) is 24.2. The zero-order valence-corrected chi connectivity index (χ0v) is 9.72. The van der Waals surface area contributed by atoms with E-state index in [0.29, 0.717) is 12.8 Å². The third-order valence-corrected chi connectivity index (χ3v) is 3.83. The van der Waals surface area contributed by atoms with E-state index in [1.54, 1.807) is 0 Å². The van der Waals surface area contributed by atoms with E-state index in [0.717, 1.165) is 25.7 Å². The number of aliphatic hydroxyl groups excluding tert-OH is 1. The van der Waals surface area contributed by atoms with Gasteiger partial charge in [0.05, 0.1) is 12.1 Å². The minimum absolute atomic E-state index is 0.0275. The molecule has 0 aromatic carbocycles. The van der Waals surface area contributed by atoms with Crippen LogP contribution in [0.15, 0.2) is 5.16 Å². The Morgan fingerprint density at radius 1 is 1.35 bits per heavy atom. The lowest BCUT2D eigenvalue weighted by Crippen LogP contribution is -2.50. The van der Waals surface area contributed by atoms with Crippen LogP contribution in [0.3, 0.4) is 0 Å². The summed E-state index contributed by atoms with van der Waals surface area (Å²) < 4.78 is 0. The van der Waals surface area contributed by atoms with Crippen molar-refractivity contribution in [2.24, 2.45) is 16.3 Å². The molecule has 2 saturated carbocycles. The SMILES string of the molecule is NC(=NO)C1(C(=O)NC2CCCCC2O)CC1. The standard InChI is InChI=1S/C11H19N3O3/c12-9(14-17)11(5-6-11)10(16)13-7-3-1-2-4-8(7)15/h7-8,15,17H,1-6H2,(H2,12,14)(H,13,16). The van der Waals surface area contributed by atoms with Crippen LogP contribution in [0.2, 0.25) is 0 Å². The Morgan fingerprint density at radius 3 is 2.53 bits per heavy atom. The maximum absolute atomic E-state index is 12.0. The van der Waals surface area contributed by atoms with Crippen LogP contribution in [0, 0.1) is 5.41 Å². The van der Waals surface area contributed by atoms with E-state index >= 15 is 0 Å². The number of amides is 1. The van der Waals surface area contributed by atoms with Crippen LogP contribution in [0.5, 0.6) is 0 Å². The zero-order chi connectivity index (χ0) is 12.5. The second-order valence-corrected chi connectivity index (χ2v) is 5.00. The number of amidine groups is 1. The minimum Gasteiger partial charge on any atom is -0.409 e. The van der Waals surface area contributed by atoms with Crippen molar-refractivity contribution in [1.29, 1.82) is 0 Å². The van der Waals surface area contributed by atoms with Crippen molar-refractivity contribution in [2.75, 3.05) is 0 Å². The van der Waals surface area contributed by atoms with Crippen LogP contribution in [-0.2, 0) is 4.79 Å². The van der Waals surface area contributed by atoms with E-state index in [1.807, 2.05) is 0 Å². The van der Waals surface area contributed by atoms with E-state index in [2.05, 4.69) is 10.5 Å². The normalized spacial score (nSPS) is 31.9. The monoisotopic (exact) mass is 241 g/mol. The molecule has 0 heterocycles. The second-order valence-electron chi connectivity index (χ2n) is 5.00. The first kappa shape index (κ1) is 12.2. The van der Waals surface area contributed by atoms with Crippen LogP contribution in [-0.4, -0.2) is 34.2 Å². The predicted octanol–water partition coefficient (Wildman–Crippen LogP) is -0.0673. The molecule has 0 aromatic heterocycles. The van der Waals surface area contributed by atoms with Crippen molar-refractivity contribution in [3.8, 4) is 0 Å².